The molecule has 0 bridgehead atoms. The molecule has 13 heteroatoms. The van der Waals surface area contributed by atoms with E-state index in [1.54, 1.807) is 10.9 Å². The summed E-state index contributed by atoms with van der Waals surface area (Å²) in [5.41, 5.74) is 8.37. The van der Waals surface area contributed by atoms with Gasteiger partial charge in [-0.15, -0.1) is 11.3 Å². The summed E-state index contributed by atoms with van der Waals surface area (Å²) >= 11 is 1.40. The van der Waals surface area contributed by atoms with Crippen molar-refractivity contribution in [1.29, 1.82) is 0 Å². The fourth-order valence-corrected chi connectivity index (χ4v) is 4.32. The van der Waals surface area contributed by atoms with E-state index >= 15 is 0 Å². The van der Waals surface area contributed by atoms with Crippen LogP contribution in [0.2, 0.25) is 0 Å². The van der Waals surface area contributed by atoms with Crippen molar-refractivity contribution in [3.63, 3.8) is 0 Å². The van der Waals surface area contributed by atoms with Gasteiger partial charge >= 0.3 is 12.1 Å². The van der Waals surface area contributed by atoms with Crippen molar-refractivity contribution in [3.05, 3.63) is 16.6 Å². The lowest BCUT2D eigenvalue weighted by Crippen LogP contribution is -2.56. The Hall–Kier alpha value is -3.06. The van der Waals surface area contributed by atoms with E-state index in [0.29, 0.717) is 25.1 Å². The monoisotopic (exact) mass is 467 g/mol. The minimum absolute atomic E-state index is 0.246. The van der Waals surface area contributed by atoms with Crippen LogP contribution in [0.3, 0.4) is 0 Å². The van der Waals surface area contributed by atoms with E-state index in [9.17, 15) is 24.0 Å². The van der Waals surface area contributed by atoms with Crippen LogP contribution in [0.1, 0.15) is 32.4 Å². The van der Waals surface area contributed by atoms with Gasteiger partial charge in [0.25, 0.3) is 5.91 Å². The molecule has 1 aromatic rings. The van der Waals surface area contributed by atoms with Gasteiger partial charge in [0.05, 0.1) is 17.2 Å². The summed E-state index contributed by atoms with van der Waals surface area (Å²) < 4.78 is 9.82. The van der Waals surface area contributed by atoms with E-state index in [2.05, 4.69) is 10.3 Å². The molecule has 3 heterocycles. The average Bonchev–Trinajstić information content (AvgIpc) is 3.46. The van der Waals surface area contributed by atoms with Crippen molar-refractivity contribution in [1.82, 2.24) is 20.1 Å². The second-order valence-corrected chi connectivity index (χ2v) is 8.32. The lowest BCUT2D eigenvalue weighted by molar-refractivity contribution is -0.147. The molecule has 0 radical (unpaired) electrons. The summed E-state index contributed by atoms with van der Waals surface area (Å²) in [5.74, 6) is -2.48. The third kappa shape index (κ3) is 5.22. The number of hydrogen-bond donors (Lipinski definition) is 2. The Morgan fingerprint density at radius 1 is 1.38 bits per heavy atom. The number of esters is 1. The Balaban J connectivity index is 1.63. The number of carbonyl (C=O) groups excluding carboxylic acids is 5. The normalized spacial score (nSPS) is 23.6. The van der Waals surface area contributed by atoms with Crippen molar-refractivity contribution in [3.8, 4) is 0 Å². The number of rotatable bonds is 7. The second kappa shape index (κ2) is 10.0. The number of thiazole rings is 1. The number of hydrogen-bond acceptors (Lipinski definition) is 10. The molecule has 0 spiro atoms. The molecule has 0 unspecified atom stereocenters. The Bertz CT molecular complexity index is 893. The topological polar surface area (TPSA) is 161 Å². The maximum Gasteiger partial charge on any atom is 0.413 e. The zero-order chi connectivity index (χ0) is 23.4. The largest absolute Gasteiger partial charge is 0.444 e. The molecule has 4 atom stereocenters. The van der Waals surface area contributed by atoms with Crippen molar-refractivity contribution >= 4 is 41.1 Å². The number of ether oxygens (including phenoxy) is 2. The second-order valence-electron chi connectivity index (χ2n) is 7.60. The molecule has 174 valence electrons. The fourth-order valence-electron chi connectivity index (χ4n) is 3.75. The summed E-state index contributed by atoms with van der Waals surface area (Å²) in [6.07, 6.45) is -0.491. The molecule has 2 saturated heterocycles. The van der Waals surface area contributed by atoms with Crippen molar-refractivity contribution in [2.24, 2.45) is 5.73 Å². The molecule has 3 N–H and O–H groups in total. The summed E-state index contributed by atoms with van der Waals surface area (Å²) in [6, 6.07) is -2.88. The maximum atomic E-state index is 12.8. The first-order valence-electron chi connectivity index (χ1n) is 10.1. The first-order chi connectivity index (χ1) is 15.2. The Kier molecular flexibility index (Phi) is 7.40. The van der Waals surface area contributed by atoms with Crippen LogP contribution in [0.15, 0.2) is 10.9 Å². The summed E-state index contributed by atoms with van der Waals surface area (Å²) in [4.78, 5) is 67.9. The van der Waals surface area contributed by atoms with Gasteiger partial charge < -0.3 is 20.1 Å². The van der Waals surface area contributed by atoms with Gasteiger partial charge in [-0.05, 0) is 19.8 Å². The first kappa shape index (κ1) is 23.6. The van der Waals surface area contributed by atoms with E-state index in [-0.39, 0.29) is 6.42 Å². The van der Waals surface area contributed by atoms with Crippen LogP contribution in [0, 0.1) is 0 Å². The van der Waals surface area contributed by atoms with E-state index in [1.807, 2.05) is 0 Å². The molecule has 1 aromatic heterocycles. The zero-order valence-electron chi connectivity index (χ0n) is 17.7. The van der Waals surface area contributed by atoms with Gasteiger partial charge in [-0.25, -0.2) is 9.78 Å². The number of carbonyl (C=O) groups is 5. The van der Waals surface area contributed by atoms with E-state index < -0.39 is 60.7 Å². The van der Waals surface area contributed by atoms with Gasteiger partial charge in [-0.1, -0.05) is 0 Å². The Morgan fingerprint density at radius 3 is 2.78 bits per heavy atom. The highest BCUT2D eigenvalue weighted by atomic mass is 32.1. The van der Waals surface area contributed by atoms with Gasteiger partial charge in [0.15, 0.2) is 12.8 Å². The molecule has 0 aliphatic carbocycles. The standard InChI is InChI=1S/C19H25N5O7S/c1-10-15(24(19(29)31-10)9-30-11(2)25)17(27)22-16(26)14-4-3-5-23(14)18(28)13(20)6-12-7-32-8-21-12/h7-8,10,13-15H,3-6,9,20H2,1-2H3,(H,22,26,27)/t10-,13-,14-,15-/m0/s1. The third-order valence-corrected chi connectivity index (χ3v) is 5.93. The van der Waals surface area contributed by atoms with Gasteiger partial charge in [0, 0.05) is 25.3 Å². The van der Waals surface area contributed by atoms with Gasteiger partial charge in [-0.2, -0.15) is 0 Å². The van der Waals surface area contributed by atoms with Gasteiger partial charge in [0.1, 0.15) is 12.1 Å². The molecule has 0 saturated carbocycles. The first-order valence-corrected chi connectivity index (χ1v) is 11.0. The van der Waals surface area contributed by atoms with Crippen LogP contribution in [-0.4, -0.2) is 82.1 Å². The Morgan fingerprint density at radius 2 is 2.12 bits per heavy atom. The highest BCUT2D eigenvalue weighted by Gasteiger charge is 2.46. The summed E-state index contributed by atoms with van der Waals surface area (Å²) in [7, 11) is 0. The molecule has 2 aliphatic rings. The molecule has 2 fully saturated rings. The van der Waals surface area contributed by atoms with Crippen molar-refractivity contribution in [2.75, 3.05) is 13.3 Å². The van der Waals surface area contributed by atoms with Gasteiger partial charge in [-0.3, -0.25) is 29.4 Å². The molecule has 2 aliphatic heterocycles. The van der Waals surface area contributed by atoms with Crippen LogP contribution in [0.25, 0.3) is 0 Å². The quantitative estimate of drug-likeness (QED) is 0.393. The van der Waals surface area contributed by atoms with Crippen LogP contribution in [0.5, 0.6) is 0 Å². The Labute approximate surface area is 188 Å². The number of aromatic nitrogens is 1. The van der Waals surface area contributed by atoms with Crippen LogP contribution in [0.4, 0.5) is 4.79 Å². The number of nitrogens with one attached hydrogen (secondary N) is 1. The number of nitrogens with two attached hydrogens (primary N) is 1. The van der Waals surface area contributed by atoms with E-state index in [0.717, 1.165) is 11.8 Å². The predicted molar refractivity (Wildman–Crippen MR) is 110 cm³/mol. The smallest absolute Gasteiger partial charge is 0.413 e. The fraction of sp³-hybridized carbons (Fsp3) is 0.579. The number of likely N-dealkylation sites (tertiary alicyclic amines) is 1. The SMILES string of the molecule is CC(=O)OCN1C(=O)O[C@@H](C)[C@H]1C(=O)NC(=O)[C@@H]1CCCN1C(=O)[C@@H](N)Cc1cscn1. The van der Waals surface area contributed by atoms with Crippen molar-refractivity contribution in [2.45, 2.75) is 57.3 Å². The molecular formula is C19H25N5O7S. The summed E-state index contributed by atoms with van der Waals surface area (Å²) in [5, 5.41) is 4.06. The third-order valence-electron chi connectivity index (χ3n) is 5.29. The van der Waals surface area contributed by atoms with Gasteiger partial charge in [0.2, 0.25) is 11.8 Å². The molecule has 12 nitrogen and oxygen atoms in total. The number of cyclic esters (lactones) is 1. The van der Waals surface area contributed by atoms with Crippen LogP contribution >= 0.6 is 11.3 Å². The highest BCUT2D eigenvalue weighted by Crippen LogP contribution is 2.22. The number of nitrogens with zero attached hydrogens (tertiary/aromatic N) is 3. The lowest BCUT2D eigenvalue weighted by Gasteiger charge is -2.27. The average molecular weight is 468 g/mol. The molecule has 3 rings (SSSR count). The zero-order valence-corrected chi connectivity index (χ0v) is 18.5. The molecule has 32 heavy (non-hydrogen) atoms. The predicted octanol–water partition coefficient (Wildman–Crippen LogP) is -0.623. The number of imide groups is 1. The van der Waals surface area contributed by atoms with Crippen LogP contribution < -0.4 is 11.1 Å². The maximum absolute atomic E-state index is 12.8. The minimum atomic E-state index is -1.16. The van der Waals surface area contributed by atoms with E-state index in [4.69, 9.17) is 15.2 Å². The van der Waals surface area contributed by atoms with E-state index in [1.165, 1.54) is 23.2 Å². The molecule has 4 amide bonds. The molecule has 0 aromatic carbocycles. The summed E-state index contributed by atoms with van der Waals surface area (Å²) in [6.45, 7) is 2.51. The lowest BCUT2D eigenvalue weighted by atomic mass is 10.1. The number of amides is 4. The molecular weight excluding hydrogens is 442 g/mol. The minimum Gasteiger partial charge on any atom is -0.444 e. The van der Waals surface area contributed by atoms with Crippen LogP contribution in [-0.2, 0) is 35.1 Å². The highest BCUT2D eigenvalue weighted by molar-refractivity contribution is 7.07. The van der Waals surface area contributed by atoms with Crippen molar-refractivity contribution < 1.29 is 33.4 Å².